The fraction of sp³-hybridized carbons (Fsp3) is 0.652. The topological polar surface area (TPSA) is 89.4 Å². The molecular weight excluding hydrogens is 435 g/mol. The van der Waals surface area contributed by atoms with Crippen LogP contribution in [0.25, 0.3) is 11.3 Å². The number of aliphatic hydroxyl groups is 1. The van der Waals surface area contributed by atoms with E-state index < -0.39 is 12.1 Å². The number of aromatic nitrogens is 3. The number of nitrogen functional groups attached to an aromatic ring is 1. The van der Waals surface area contributed by atoms with Crippen LogP contribution in [0.1, 0.15) is 50.8 Å². The minimum atomic E-state index is -4.84. The first-order valence-electron chi connectivity index (χ1n) is 11.6. The van der Waals surface area contributed by atoms with Crippen LogP contribution in [0.15, 0.2) is 18.3 Å². The van der Waals surface area contributed by atoms with Gasteiger partial charge in [0.05, 0.1) is 5.69 Å². The summed E-state index contributed by atoms with van der Waals surface area (Å²) in [5, 5.41) is 14.1. The Morgan fingerprint density at radius 2 is 1.97 bits per heavy atom. The third-order valence-electron chi connectivity index (χ3n) is 7.51. The van der Waals surface area contributed by atoms with Crippen molar-refractivity contribution in [1.29, 1.82) is 0 Å². The van der Waals surface area contributed by atoms with Crippen molar-refractivity contribution < 1.29 is 23.0 Å². The Bertz CT molecular complexity index is 1010. The number of hydrogen-bond acceptors (Lipinski definition) is 6. The van der Waals surface area contributed by atoms with Crippen LogP contribution in [-0.2, 0) is 0 Å². The quantitative estimate of drug-likeness (QED) is 0.674. The van der Waals surface area contributed by atoms with Gasteiger partial charge in [0.2, 0.25) is 0 Å². The van der Waals surface area contributed by atoms with E-state index in [-0.39, 0.29) is 18.5 Å². The molecule has 0 amide bonds. The van der Waals surface area contributed by atoms with Gasteiger partial charge in [-0.2, -0.15) is 5.10 Å². The Morgan fingerprint density at radius 3 is 2.58 bits per heavy atom. The molecule has 0 bridgehead atoms. The lowest BCUT2D eigenvalue weighted by Gasteiger charge is -2.26. The van der Waals surface area contributed by atoms with E-state index in [1.807, 2.05) is 10.7 Å². The molecule has 0 unspecified atom stereocenters. The van der Waals surface area contributed by atoms with Gasteiger partial charge in [0.25, 0.3) is 0 Å². The van der Waals surface area contributed by atoms with Crippen molar-refractivity contribution in [2.24, 2.45) is 17.8 Å². The Morgan fingerprint density at radius 1 is 1.24 bits per heavy atom. The highest BCUT2D eigenvalue weighted by Crippen LogP contribution is 2.64. The van der Waals surface area contributed by atoms with Gasteiger partial charge in [0.15, 0.2) is 11.6 Å². The van der Waals surface area contributed by atoms with E-state index in [0.717, 1.165) is 38.0 Å². The van der Waals surface area contributed by atoms with Crippen molar-refractivity contribution in [2.75, 3.05) is 25.4 Å². The Kier molecular flexibility index (Phi) is 5.55. The van der Waals surface area contributed by atoms with Crippen molar-refractivity contribution in [3.05, 3.63) is 24.0 Å². The summed E-state index contributed by atoms with van der Waals surface area (Å²) in [6.07, 6.45) is -0.0292. The van der Waals surface area contributed by atoms with Crippen LogP contribution in [0.3, 0.4) is 0 Å². The third-order valence-corrected chi connectivity index (χ3v) is 7.51. The summed E-state index contributed by atoms with van der Waals surface area (Å²) in [5.74, 6) is 1.22. The van der Waals surface area contributed by atoms with Crippen LogP contribution in [-0.4, -0.2) is 56.9 Å². The van der Waals surface area contributed by atoms with Crippen LogP contribution in [0.4, 0.5) is 19.0 Å². The standard InChI is InChI=1S/C23H30F3N5O2/c1-12(2)31-19(21-16-6-15(7-17(16)21)30-4-3-13(10-30)11-32)8-18(29-31)14-5-20(22(27)28-9-14)33-23(24,25)26/h5,8-9,12-13,15-17,21,32H,3-4,6-7,10-11H2,1-2H3,(H2,27,28)/t13-,15-,16-,17+,21+/m0/s1. The molecule has 3 aliphatic rings. The molecule has 2 aromatic heterocycles. The van der Waals surface area contributed by atoms with E-state index in [0.29, 0.717) is 41.0 Å². The highest BCUT2D eigenvalue weighted by molar-refractivity contribution is 5.64. The molecule has 7 nitrogen and oxygen atoms in total. The highest BCUT2D eigenvalue weighted by atomic mass is 19.4. The molecule has 1 aliphatic heterocycles. The largest absolute Gasteiger partial charge is 0.573 e. The van der Waals surface area contributed by atoms with Gasteiger partial charge in [-0.3, -0.25) is 9.58 Å². The fourth-order valence-corrected chi connectivity index (χ4v) is 5.91. The van der Waals surface area contributed by atoms with E-state index in [2.05, 4.69) is 28.5 Å². The first kappa shape index (κ1) is 22.5. The summed E-state index contributed by atoms with van der Waals surface area (Å²) >= 11 is 0. The molecule has 5 rings (SSSR count). The first-order valence-corrected chi connectivity index (χ1v) is 11.6. The molecule has 2 saturated carbocycles. The number of aliphatic hydroxyl groups excluding tert-OH is 1. The van der Waals surface area contributed by atoms with Crippen LogP contribution >= 0.6 is 0 Å². The molecule has 0 radical (unpaired) electrons. The minimum absolute atomic E-state index is 0.127. The van der Waals surface area contributed by atoms with E-state index in [9.17, 15) is 18.3 Å². The van der Waals surface area contributed by atoms with Gasteiger partial charge >= 0.3 is 6.36 Å². The van der Waals surface area contributed by atoms with Crippen molar-refractivity contribution in [3.8, 4) is 17.0 Å². The van der Waals surface area contributed by atoms with E-state index in [1.165, 1.54) is 12.3 Å². The van der Waals surface area contributed by atoms with Gasteiger partial charge in [0, 0.05) is 48.6 Å². The lowest BCUT2D eigenvalue weighted by Crippen LogP contribution is -2.33. The molecule has 2 aliphatic carbocycles. The summed E-state index contributed by atoms with van der Waals surface area (Å²) in [6, 6.07) is 3.95. The van der Waals surface area contributed by atoms with Gasteiger partial charge < -0.3 is 15.6 Å². The molecule has 33 heavy (non-hydrogen) atoms. The van der Waals surface area contributed by atoms with E-state index >= 15 is 0 Å². The van der Waals surface area contributed by atoms with E-state index in [1.54, 1.807) is 0 Å². The number of alkyl halides is 3. The fourth-order valence-electron chi connectivity index (χ4n) is 5.91. The Balaban J connectivity index is 1.34. The lowest BCUT2D eigenvalue weighted by molar-refractivity contribution is -0.274. The molecule has 5 atom stereocenters. The first-order chi connectivity index (χ1) is 15.6. The number of hydrogen-bond donors (Lipinski definition) is 2. The summed E-state index contributed by atoms with van der Waals surface area (Å²) < 4.78 is 44.2. The second-order valence-electron chi connectivity index (χ2n) is 9.96. The predicted molar refractivity (Wildman–Crippen MR) is 116 cm³/mol. The molecule has 3 heterocycles. The minimum Gasteiger partial charge on any atom is -0.402 e. The van der Waals surface area contributed by atoms with Crippen molar-refractivity contribution in [1.82, 2.24) is 19.7 Å². The normalized spacial score (nSPS) is 29.6. The van der Waals surface area contributed by atoms with Crippen LogP contribution in [0, 0.1) is 17.8 Å². The van der Waals surface area contributed by atoms with Crippen molar-refractivity contribution in [2.45, 2.75) is 57.5 Å². The van der Waals surface area contributed by atoms with Gasteiger partial charge in [-0.1, -0.05) is 0 Å². The van der Waals surface area contributed by atoms with Gasteiger partial charge in [-0.15, -0.1) is 13.2 Å². The number of rotatable bonds is 6. The molecule has 180 valence electrons. The van der Waals surface area contributed by atoms with Crippen LogP contribution in [0.2, 0.25) is 0 Å². The smallest absolute Gasteiger partial charge is 0.402 e. The number of fused-ring (bicyclic) bond motifs is 1. The maximum atomic E-state index is 12.7. The van der Waals surface area contributed by atoms with Gasteiger partial charge in [-0.05, 0) is 69.5 Å². The zero-order valence-electron chi connectivity index (χ0n) is 18.8. The molecule has 3 N–H and O–H groups in total. The molecule has 0 spiro atoms. The maximum absolute atomic E-state index is 12.7. The molecule has 3 fully saturated rings. The zero-order chi connectivity index (χ0) is 23.5. The number of pyridine rings is 1. The number of nitrogens with two attached hydrogens (primary N) is 1. The second kappa shape index (κ2) is 8.16. The monoisotopic (exact) mass is 465 g/mol. The summed E-state index contributed by atoms with van der Waals surface area (Å²) in [4.78, 5) is 6.43. The average molecular weight is 466 g/mol. The second-order valence-corrected chi connectivity index (χ2v) is 9.96. The summed E-state index contributed by atoms with van der Waals surface area (Å²) in [7, 11) is 0. The van der Waals surface area contributed by atoms with E-state index in [4.69, 9.17) is 10.8 Å². The van der Waals surface area contributed by atoms with Gasteiger partial charge in [-0.25, -0.2) is 4.98 Å². The lowest BCUT2D eigenvalue weighted by atomic mass is 10.0. The maximum Gasteiger partial charge on any atom is 0.573 e. The third kappa shape index (κ3) is 4.30. The zero-order valence-corrected chi connectivity index (χ0v) is 18.8. The Labute approximate surface area is 190 Å². The number of halogens is 3. The molecule has 0 aromatic carbocycles. The highest BCUT2D eigenvalue weighted by Gasteiger charge is 2.59. The summed E-state index contributed by atoms with van der Waals surface area (Å²) in [6.45, 7) is 6.44. The Hall–Kier alpha value is -2.33. The molecule has 1 saturated heterocycles. The SMILES string of the molecule is CC(C)n1nc(-c2cnc(N)c(OC(F)(F)F)c2)cc1[C@H]1[C@@H]2C[C@@H](N3CC[C@H](CO)C3)C[C@@H]21. The molecular formula is C23H30F3N5O2. The molecule has 10 heteroatoms. The van der Waals surface area contributed by atoms with Crippen molar-refractivity contribution in [3.63, 3.8) is 0 Å². The van der Waals surface area contributed by atoms with Crippen molar-refractivity contribution >= 4 is 5.82 Å². The number of anilines is 1. The van der Waals surface area contributed by atoms with Crippen LogP contribution < -0.4 is 10.5 Å². The molecule has 2 aromatic rings. The summed E-state index contributed by atoms with van der Waals surface area (Å²) in [5.41, 5.74) is 7.74. The van der Waals surface area contributed by atoms with Gasteiger partial charge in [0.1, 0.15) is 0 Å². The van der Waals surface area contributed by atoms with Crippen LogP contribution in [0.5, 0.6) is 5.75 Å². The number of nitrogens with zero attached hydrogens (tertiary/aromatic N) is 4. The number of ether oxygens (including phenoxy) is 1. The predicted octanol–water partition coefficient (Wildman–Crippen LogP) is 3.81. The number of likely N-dealkylation sites (tertiary alicyclic amines) is 1. The average Bonchev–Trinajstić information content (AvgIpc) is 3.23.